The van der Waals surface area contributed by atoms with Crippen LogP contribution >= 0.6 is 0 Å². The second kappa shape index (κ2) is 8.48. The van der Waals surface area contributed by atoms with Gasteiger partial charge in [0.25, 0.3) is 0 Å². The summed E-state index contributed by atoms with van der Waals surface area (Å²) in [6, 6.07) is 0.628. The van der Waals surface area contributed by atoms with Gasteiger partial charge < -0.3 is 10.5 Å². The molecule has 0 aliphatic carbocycles. The Morgan fingerprint density at radius 1 is 1.38 bits per heavy atom. The van der Waals surface area contributed by atoms with Crippen LogP contribution in [-0.2, 0) is 4.74 Å². The molecular weight excluding hydrogens is 164 g/mol. The zero-order valence-electron chi connectivity index (χ0n) is 9.25. The number of ether oxygens (including phenoxy) is 1. The van der Waals surface area contributed by atoms with Gasteiger partial charge in [0.2, 0.25) is 0 Å². The molecule has 0 fully saturated rings. The van der Waals surface area contributed by atoms with E-state index in [4.69, 9.17) is 10.5 Å². The molecule has 0 bridgehead atoms. The average Bonchev–Trinajstić information content (AvgIpc) is 2.12. The molecule has 0 aliphatic heterocycles. The lowest BCUT2D eigenvalue weighted by molar-refractivity contribution is 0.123. The normalized spacial score (nSPS) is 13.6. The molecule has 0 spiro atoms. The molecule has 0 rings (SSSR count). The van der Waals surface area contributed by atoms with Crippen molar-refractivity contribution in [2.24, 2.45) is 5.73 Å². The van der Waals surface area contributed by atoms with Crippen molar-refractivity contribution in [3.8, 4) is 0 Å². The van der Waals surface area contributed by atoms with E-state index in [0.717, 1.165) is 26.2 Å². The molecule has 0 aromatic rings. The van der Waals surface area contributed by atoms with Crippen LogP contribution in [0.1, 0.15) is 26.7 Å². The molecule has 3 heteroatoms. The Labute approximate surface area is 82.2 Å². The summed E-state index contributed by atoms with van der Waals surface area (Å²) in [6.07, 6.45) is 2.47. The fourth-order valence-corrected chi connectivity index (χ4v) is 1.53. The predicted molar refractivity (Wildman–Crippen MR) is 56.9 cm³/mol. The molecule has 13 heavy (non-hydrogen) atoms. The fourth-order valence-electron chi connectivity index (χ4n) is 1.53. The Kier molecular flexibility index (Phi) is 8.40. The maximum absolute atomic E-state index is 5.55. The summed E-state index contributed by atoms with van der Waals surface area (Å²) in [6.45, 7) is 7.98. The van der Waals surface area contributed by atoms with Gasteiger partial charge in [-0.1, -0.05) is 13.3 Å². The quantitative estimate of drug-likeness (QED) is 0.619. The minimum Gasteiger partial charge on any atom is -0.383 e. The van der Waals surface area contributed by atoms with E-state index in [2.05, 4.69) is 18.7 Å². The number of hydrogen-bond donors (Lipinski definition) is 1. The average molecular weight is 188 g/mol. The lowest BCUT2D eigenvalue weighted by atomic mass is 10.1. The van der Waals surface area contributed by atoms with E-state index in [-0.39, 0.29) is 0 Å². The summed E-state index contributed by atoms with van der Waals surface area (Å²) in [5.41, 5.74) is 5.55. The van der Waals surface area contributed by atoms with Gasteiger partial charge in [0, 0.05) is 32.8 Å². The maximum atomic E-state index is 5.55. The van der Waals surface area contributed by atoms with Crippen molar-refractivity contribution in [3.63, 3.8) is 0 Å². The first-order valence-electron chi connectivity index (χ1n) is 5.19. The van der Waals surface area contributed by atoms with Gasteiger partial charge in [-0.25, -0.2) is 0 Å². The smallest absolute Gasteiger partial charge is 0.0589 e. The number of hydrogen-bond acceptors (Lipinski definition) is 3. The van der Waals surface area contributed by atoms with Gasteiger partial charge in [-0.3, -0.25) is 4.90 Å². The van der Waals surface area contributed by atoms with Gasteiger partial charge in [0.05, 0.1) is 6.61 Å². The molecule has 0 saturated carbocycles. The Morgan fingerprint density at radius 2 is 2.08 bits per heavy atom. The Morgan fingerprint density at radius 3 is 2.54 bits per heavy atom. The van der Waals surface area contributed by atoms with Gasteiger partial charge >= 0.3 is 0 Å². The van der Waals surface area contributed by atoms with E-state index in [0.29, 0.717) is 6.04 Å². The van der Waals surface area contributed by atoms with Crippen molar-refractivity contribution in [1.29, 1.82) is 0 Å². The Hall–Kier alpha value is -0.120. The SMILES string of the molecule is CCCC(C)N(CCN)CCOC. The predicted octanol–water partition coefficient (Wildman–Crippen LogP) is 1.08. The molecule has 1 atom stereocenters. The maximum Gasteiger partial charge on any atom is 0.0589 e. The summed E-state index contributed by atoms with van der Waals surface area (Å²) in [4.78, 5) is 2.40. The molecule has 0 aromatic heterocycles. The van der Waals surface area contributed by atoms with Gasteiger partial charge in [-0.15, -0.1) is 0 Å². The van der Waals surface area contributed by atoms with Crippen LogP contribution in [0.5, 0.6) is 0 Å². The largest absolute Gasteiger partial charge is 0.383 e. The second-order valence-electron chi connectivity index (χ2n) is 3.46. The van der Waals surface area contributed by atoms with E-state index in [9.17, 15) is 0 Å². The third-order valence-corrected chi connectivity index (χ3v) is 2.33. The Balaban J connectivity index is 3.75. The summed E-state index contributed by atoms with van der Waals surface area (Å²) in [7, 11) is 1.74. The molecular formula is C10H24N2O. The van der Waals surface area contributed by atoms with Crippen molar-refractivity contribution in [3.05, 3.63) is 0 Å². The zero-order valence-corrected chi connectivity index (χ0v) is 9.25. The topological polar surface area (TPSA) is 38.5 Å². The summed E-state index contributed by atoms with van der Waals surface area (Å²) in [5.74, 6) is 0. The number of nitrogens with zero attached hydrogens (tertiary/aromatic N) is 1. The summed E-state index contributed by atoms with van der Waals surface area (Å²) >= 11 is 0. The molecule has 0 amide bonds. The highest BCUT2D eigenvalue weighted by Gasteiger charge is 2.10. The van der Waals surface area contributed by atoms with Gasteiger partial charge in [-0.2, -0.15) is 0 Å². The van der Waals surface area contributed by atoms with Crippen LogP contribution in [0.2, 0.25) is 0 Å². The molecule has 2 N–H and O–H groups in total. The molecule has 0 heterocycles. The van der Waals surface area contributed by atoms with Crippen LogP contribution in [0.25, 0.3) is 0 Å². The first kappa shape index (κ1) is 12.9. The van der Waals surface area contributed by atoms with E-state index in [1.807, 2.05) is 0 Å². The summed E-state index contributed by atoms with van der Waals surface area (Å²) in [5, 5.41) is 0. The second-order valence-corrected chi connectivity index (χ2v) is 3.46. The molecule has 1 unspecified atom stereocenters. The molecule has 0 saturated heterocycles. The first-order chi connectivity index (χ1) is 6.26. The van der Waals surface area contributed by atoms with E-state index in [1.165, 1.54) is 12.8 Å². The summed E-state index contributed by atoms with van der Waals surface area (Å²) < 4.78 is 5.06. The van der Waals surface area contributed by atoms with Crippen LogP contribution in [0.15, 0.2) is 0 Å². The van der Waals surface area contributed by atoms with Crippen LogP contribution in [0.3, 0.4) is 0 Å². The standard InChI is InChI=1S/C10H24N2O/c1-4-5-10(2)12(7-6-11)8-9-13-3/h10H,4-9,11H2,1-3H3. The van der Waals surface area contributed by atoms with E-state index in [1.54, 1.807) is 7.11 Å². The lowest BCUT2D eigenvalue weighted by Gasteiger charge is -2.28. The fraction of sp³-hybridized carbons (Fsp3) is 1.00. The molecule has 0 aliphatic rings. The van der Waals surface area contributed by atoms with Crippen LogP contribution in [0.4, 0.5) is 0 Å². The van der Waals surface area contributed by atoms with Gasteiger partial charge in [0.1, 0.15) is 0 Å². The minimum atomic E-state index is 0.628. The van der Waals surface area contributed by atoms with Crippen LogP contribution < -0.4 is 5.73 Å². The van der Waals surface area contributed by atoms with Crippen molar-refractivity contribution in [2.45, 2.75) is 32.7 Å². The van der Waals surface area contributed by atoms with E-state index >= 15 is 0 Å². The third-order valence-electron chi connectivity index (χ3n) is 2.33. The molecule has 80 valence electrons. The number of methoxy groups -OCH3 is 1. The van der Waals surface area contributed by atoms with Crippen molar-refractivity contribution < 1.29 is 4.74 Å². The van der Waals surface area contributed by atoms with Gasteiger partial charge in [0.15, 0.2) is 0 Å². The van der Waals surface area contributed by atoms with Crippen molar-refractivity contribution in [2.75, 3.05) is 33.4 Å². The van der Waals surface area contributed by atoms with Crippen molar-refractivity contribution in [1.82, 2.24) is 4.90 Å². The van der Waals surface area contributed by atoms with Crippen LogP contribution in [0, 0.1) is 0 Å². The molecule has 0 aromatic carbocycles. The van der Waals surface area contributed by atoms with Crippen LogP contribution in [-0.4, -0.2) is 44.3 Å². The first-order valence-corrected chi connectivity index (χ1v) is 5.19. The highest BCUT2D eigenvalue weighted by molar-refractivity contribution is 4.66. The third kappa shape index (κ3) is 6.02. The highest BCUT2D eigenvalue weighted by Crippen LogP contribution is 2.05. The monoisotopic (exact) mass is 188 g/mol. The zero-order chi connectivity index (χ0) is 10.1. The molecule has 3 nitrogen and oxygen atoms in total. The molecule has 0 radical (unpaired) electrons. The van der Waals surface area contributed by atoms with E-state index < -0.39 is 0 Å². The van der Waals surface area contributed by atoms with Crippen molar-refractivity contribution >= 4 is 0 Å². The lowest BCUT2D eigenvalue weighted by Crippen LogP contribution is -2.39. The Bertz CT molecular complexity index is 109. The van der Waals surface area contributed by atoms with Gasteiger partial charge in [-0.05, 0) is 13.3 Å². The minimum absolute atomic E-state index is 0.628. The number of nitrogens with two attached hydrogens (primary N) is 1. The number of rotatable bonds is 8. The highest BCUT2D eigenvalue weighted by atomic mass is 16.5.